The number of ketones is 1. The van der Waals surface area contributed by atoms with Gasteiger partial charge in [-0.05, 0) is 43.5 Å². The smallest absolute Gasteiger partial charge is 0.210 e. The van der Waals surface area contributed by atoms with Crippen LogP contribution in [0.4, 0.5) is 10.8 Å². The summed E-state index contributed by atoms with van der Waals surface area (Å²) in [5, 5.41) is 12.3. The van der Waals surface area contributed by atoms with Crippen LogP contribution in [-0.2, 0) is 6.42 Å². The molecule has 1 N–H and O–H groups in total. The fraction of sp³-hybridized carbons (Fsp3) is 0.250. The molecule has 0 aliphatic carbocycles. The van der Waals surface area contributed by atoms with Gasteiger partial charge in [-0.15, -0.1) is 10.2 Å². The van der Waals surface area contributed by atoms with Gasteiger partial charge in [0.1, 0.15) is 0 Å². The lowest BCUT2D eigenvalue weighted by Gasteiger charge is -2.05. The standard InChI is InChI=1S/C20H21N3OS2/c1-4-15-6-8-16(9-7-15)21-19-22-23-20(26-19)25-12-18(24)17-10-5-13(2)11-14(17)3/h5-11H,4,12H2,1-3H3,(H,21,22). The Morgan fingerprint density at radius 1 is 1.12 bits per heavy atom. The van der Waals surface area contributed by atoms with Crippen LogP contribution in [0.25, 0.3) is 0 Å². The number of nitrogens with zero attached hydrogens (tertiary/aromatic N) is 2. The number of aryl methyl sites for hydroxylation is 3. The Bertz CT molecular complexity index is 904. The summed E-state index contributed by atoms with van der Waals surface area (Å²) in [4.78, 5) is 12.4. The number of carbonyl (C=O) groups excluding carboxylic acids is 1. The fourth-order valence-electron chi connectivity index (χ4n) is 2.60. The monoisotopic (exact) mass is 383 g/mol. The largest absolute Gasteiger partial charge is 0.330 e. The van der Waals surface area contributed by atoms with Gasteiger partial charge in [-0.25, -0.2) is 0 Å². The van der Waals surface area contributed by atoms with Crippen LogP contribution in [0.2, 0.25) is 0 Å². The van der Waals surface area contributed by atoms with E-state index in [2.05, 4.69) is 34.6 Å². The van der Waals surface area contributed by atoms with E-state index in [0.717, 1.165) is 32.7 Å². The van der Waals surface area contributed by atoms with E-state index < -0.39 is 0 Å². The first kappa shape index (κ1) is 18.6. The van der Waals surface area contributed by atoms with Crippen molar-refractivity contribution in [3.8, 4) is 0 Å². The molecule has 6 heteroatoms. The van der Waals surface area contributed by atoms with Crippen LogP contribution in [-0.4, -0.2) is 21.7 Å². The van der Waals surface area contributed by atoms with Gasteiger partial charge in [0.2, 0.25) is 5.13 Å². The molecule has 3 aromatic rings. The van der Waals surface area contributed by atoms with Crippen molar-refractivity contribution in [2.45, 2.75) is 31.5 Å². The molecule has 0 spiro atoms. The lowest BCUT2D eigenvalue weighted by molar-refractivity contribution is 0.102. The van der Waals surface area contributed by atoms with Gasteiger partial charge in [-0.1, -0.05) is 65.9 Å². The Hall–Kier alpha value is -2.18. The van der Waals surface area contributed by atoms with Crippen LogP contribution < -0.4 is 5.32 Å². The van der Waals surface area contributed by atoms with Crippen LogP contribution >= 0.6 is 23.1 Å². The first-order chi connectivity index (χ1) is 12.5. The summed E-state index contributed by atoms with van der Waals surface area (Å²) in [6.07, 6.45) is 1.02. The number of carbonyl (C=O) groups is 1. The van der Waals surface area contributed by atoms with E-state index in [9.17, 15) is 4.79 Å². The molecule has 0 saturated carbocycles. The Morgan fingerprint density at radius 2 is 1.88 bits per heavy atom. The van der Waals surface area contributed by atoms with Crippen LogP contribution in [0.1, 0.15) is 34.0 Å². The summed E-state index contributed by atoms with van der Waals surface area (Å²) in [5.74, 6) is 0.483. The Balaban J connectivity index is 1.58. The van der Waals surface area contributed by atoms with E-state index in [1.165, 1.54) is 34.2 Å². The summed E-state index contributed by atoms with van der Waals surface area (Å²) in [5.41, 5.74) is 5.25. The second-order valence-corrected chi connectivity index (χ2v) is 8.28. The van der Waals surface area contributed by atoms with Gasteiger partial charge in [-0.2, -0.15) is 0 Å². The van der Waals surface area contributed by atoms with Crippen molar-refractivity contribution in [1.29, 1.82) is 0 Å². The molecule has 0 atom stereocenters. The van der Waals surface area contributed by atoms with Crippen molar-refractivity contribution in [2.75, 3.05) is 11.1 Å². The molecule has 0 unspecified atom stereocenters. The SMILES string of the molecule is CCc1ccc(Nc2nnc(SCC(=O)c3ccc(C)cc3C)s2)cc1. The minimum Gasteiger partial charge on any atom is -0.330 e. The normalized spacial score (nSPS) is 10.7. The molecule has 2 aromatic carbocycles. The zero-order valence-corrected chi connectivity index (χ0v) is 16.7. The Labute approximate surface area is 162 Å². The van der Waals surface area contributed by atoms with Gasteiger partial charge < -0.3 is 5.32 Å². The number of hydrogen-bond acceptors (Lipinski definition) is 6. The molecule has 0 amide bonds. The molecule has 1 heterocycles. The zero-order chi connectivity index (χ0) is 18.5. The van der Waals surface area contributed by atoms with Gasteiger partial charge >= 0.3 is 0 Å². The predicted molar refractivity (Wildman–Crippen MR) is 110 cm³/mol. The number of aromatic nitrogens is 2. The highest BCUT2D eigenvalue weighted by Gasteiger charge is 2.12. The second kappa shape index (κ2) is 8.47. The topological polar surface area (TPSA) is 54.9 Å². The van der Waals surface area contributed by atoms with Crippen molar-refractivity contribution in [3.05, 3.63) is 64.7 Å². The molecule has 0 bridgehead atoms. The van der Waals surface area contributed by atoms with Gasteiger partial charge in [0, 0.05) is 11.3 Å². The molecule has 3 rings (SSSR count). The number of anilines is 2. The van der Waals surface area contributed by atoms with E-state index >= 15 is 0 Å². The number of hydrogen-bond donors (Lipinski definition) is 1. The molecule has 0 saturated heterocycles. The maximum absolute atomic E-state index is 12.4. The molecular weight excluding hydrogens is 362 g/mol. The first-order valence-corrected chi connectivity index (χ1v) is 10.3. The minimum atomic E-state index is 0.118. The third-order valence-corrected chi connectivity index (χ3v) is 6.00. The lowest BCUT2D eigenvalue weighted by atomic mass is 10.0. The number of thioether (sulfide) groups is 1. The number of nitrogens with one attached hydrogen (secondary N) is 1. The predicted octanol–water partition coefficient (Wildman–Crippen LogP) is 5.44. The number of benzene rings is 2. The van der Waals surface area contributed by atoms with Crippen LogP contribution in [0.15, 0.2) is 46.8 Å². The van der Waals surface area contributed by atoms with Crippen molar-refractivity contribution in [2.24, 2.45) is 0 Å². The summed E-state index contributed by atoms with van der Waals surface area (Å²) in [6.45, 7) is 6.14. The maximum atomic E-state index is 12.4. The lowest BCUT2D eigenvalue weighted by Crippen LogP contribution is -2.04. The molecule has 26 heavy (non-hydrogen) atoms. The van der Waals surface area contributed by atoms with Crippen LogP contribution in [0.3, 0.4) is 0 Å². The third-order valence-electron chi connectivity index (χ3n) is 4.03. The number of rotatable bonds is 7. The van der Waals surface area contributed by atoms with Gasteiger partial charge in [0.25, 0.3) is 0 Å². The quantitative estimate of drug-likeness (QED) is 0.435. The molecular formula is C20H21N3OS2. The minimum absolute atomic E-state index is 0.118. The summed E-state index contributed by atoms with van der Waals surface area (Å²) in [6, 6.07) is 14.2. The van der Waals surface area contributed by atoms with Gasteiger partial charge in [-0.3, -0.25) is 4.79 Å². The molecule has 0 aliphatic rings. The van der Waals surface area contributed by atoms with E-state index in [-0.39, 0.29) is 5.78 Å². The average Bonchev–Trinajstić information content (AvgIpc) is 3.08. The molecule has 4 nitrogen and oxygen atoms in total. The number of Topliss-reactive ketones (excluding diaryl/α,β-unsaturated/α-hetero) is 1. The van der Waals surface area contributed by atoms with Gasteiger partial charge in [0.05, 0.1) is 5.75 Å². The molecule has 0 fully saturated rings. The van der Waals surface area contributed by atoms with E-state index in [4.69, 9.17) is 0 Å². The van der Waals surface area contributed by atoms with E-state index in [1.54, 1.807) is 0 Å². The third kappa shape index (κ3) is 4.71. The Morgan fingerprint density at radius 3 is 2.58 bits per heavy atom. The highest BCUT2D eigenvalue weighted by atomic mass is 32.2. The van der Waals surface area contributed by atoms with Crippen molar-refractivity contribution in [3.63, 3.8) is 0 Å². The van der Waals surface area contributed by atoms with Crippen LogP contribution in [0.5, 0.6) is 0 Å². The summed E-state index contributed by atoms with van der Waals surface area (Å²) in [7, 11) is 0. The summed E-state index contributed by atoms with van der Waals surface area (Å²) < 4.78 is 0.788. The van der Waals surface area contributed by atoms with Crippen LogP contribution in [0, 0.1) is 13.8 Å². The summed E-state index contributed by atoms with van der Waals surface area (Å²) >= 11 is 2.89. The van der Waals surface area contributed by atoms with E-state index in [0.29, 0.717) is 5.75 Å². The van der Waals surface area contributed by atoms with Crippen molar-refractivity contribution < 1.29 is 4.79 Å². The highest BCUT2D eigenvalue weighted by molar-refractivity contribution is 8.01. The van der Waals surface area contributed by atoms with Crippen molar-refractivity contribution in [1.82, 2.24) is 10.2 Å². The van der Waals surface area contributed by atoms with Crippen molar-refractivity contribution >= 4 is 39.7 Å². The average molecular weight is 384 g/mol. The molecule has 1 aromatic heterocycles. The highest BCUT2D eigenvalue weighted by Crippen LogP contribution is 2.28. The van der Waals surface area contributed by atoms with E-state index in [1.807, 2.05) is 44.2 Å². The molecule has 134 valence electrons. The maximum Gasteiger partial charge on any atom is 0.210 e. The molecule has 0 aliphatic heterocycles. The van der Waals surface area contributed by atoms with Gasteiger partial charge in [0.15, 0.2) is 10.1 Å². The second-order valence-electron chi connectivity index (χ2n) is 6.08. The first-order valence-electron chi connectivity index (χ1n) is 8.48. The fourth-order valence-corrected chi connectivity index (χ4v) is 4.25. The Kier molecular flexibility index (Phi) is 6.06. The zero-order valence-electron chi connectivity index (χ0n) is 15.1. The molecule has 0 radical (unpaired) electrons.